The van der Waals surface area contributed by atoms with Crippen LogP contribution in [0.3, 0.4) is 0 Å². The number of thiophene rings is 1. The minimum absolute atomic E-state index is 0.257. The van der Waals surface area contributed by atoms with Crippen LogP contribution in [-0.4, -0.2) is 28.3 Å². The molecule has 2 amide bonds. The van der Waals surface area contributed by atoms with Gasteiger partial charge in [-0.05, 0) is 31.5 Å². The quantitative estimate of drug-likeness (QED) is 0.578. The summed E-state index contributed by atoms with van der Waals surface area (Å²) in [4.78, 5) is 34.9. The van der Waals surface area contributed by atoms with Crippen molar-refractivity contribution >= 4 is 39.1 Å². The van der Waals surface area contributed by atoms with E-state index in [-0.39, 0.29) is 5.41 Å². The van der Waals surface area contributed by atoms with Crippen molar-refractivity contribution in [2.45, 2.75) is 40.0 Å². The molecule has 0 aliphatic rings. The fraction of sp³-hybridized carbons (Fsp3) is 0.333. The number of nitrogens with zero attached hydrogens (tertiary/aromatic N) is 2. The molecule has 0 saturated heterocycles. The monoisotopic (exact) mass is 450 g/mol. The minimum Gasteiger partial charge on any atom is -0.342 e. The van der Waals surface area contributed by atoms with Gasteiger partial charge in [0, 0.05) is 10.8 Å². The van der Waals surface area contributed by atoms with Crippen molar-refractivity contribution in [1.82, 2.24) is 15.3 Å². The maximum atomic E-state index is 13.7. The summed E-state index contributed by atoms with van der Waals surface area (Å²) in [5.74, 6) is -5.19. The molecule has 0 radical (unpaired) electrons. The molecule has 10 heteroatoms. The number of carbonyl (C=O) groups is 2. The second-order valence-electron chi connectivity index (χ2n) is 8.07. The Kier molecular flexibility index (Phi) is 6.04. The lowest BCUT2D eigenvalue weighted by Crippen LogP contribution is -2.33. The maximum Gasteiger partial charge on any atom is 0.262 e. The predicted octanol–water partition coefficient (Wildman–Crippen LogP) is 4.39. The highest BCUT2D eigenvalue weighted by atomic mass is 32.1. The molecule has 0 spiro atoms. The first-order valence-electron chi connectivity index (χ1n) is 9.40. The van der Waals surface area contributed by atoms with Crippen LogP contribution >= 0.6 is 11.3 Å². The summed E-state index contributed by atoms with van der Waals surface area (Å²) in [7, 11) is 0. The Morgan fingerprint density at radius 1 is 1.06 bits per heavy atom. The number of aryl methyl sites for hydroxylation is 2. The predicted molar refractivity (Wildman–Crippen MR) is 113 cm³/mol. The summed E-state index contributed by atoms with van der Waals surface area (Å²) in [6.45, 7) is 9.13. The SMILES string of the molecule is Cc1nc(C(C)(C)C)nc2sc(C(=O)NCC(=O)Nc3ccc(F)c(F)c3F)c(C)c12. The number of anilines is 1. The Morgan fingerprint density at radius 3 is 2.39 bits per heavy atom. The van der Waals surface area contributed by atoms with Crippen LogP contribution in [0.2, 0.25) is 0 Å². The van der Waals surface area contributed by atoms with Crippen molar-refractivity contribution in [2.75, 3.05) is 11.9 Å². The molecule has 0 aliphatic heterocycles. The number of hydrogen-bond donors (Lipinski definition) is 2. The number of benzene rings is 1. The van der Waals surface area contributed by atoms with Crippen molar-refractivity contribution in [1.29, 1.82) is 0 Å². The standard InChI is InChI=1S/C21H21F3N4O2S/c1-9-14-10(2)26-20(21(3,4)5)28-19(14)31-17(9)18(30)25-8-13(29)27-12-7-6-11(22)15(23)16(12)24/h6-7H,8H2,1-5H3,(H,25,30)(H,27,29). The number of halogens is 3. The van der Waals surface area contributed by atoms with E-state index in [4.69, 9.17) is 0 Å². The van der Waals surface area contributed by atoms with Crippen molar-refractivity contribution in [2.24, 2.45) is 0 Å². The summed E-state index contributed by atoms with van der Waals surface area (Å²) in [6.07, 6.45) is 0. The molecule has 6 nitrogen and oxygen atoms in total. The molecule has 3 aromatic rings. The number of amides is 2. The van der Waals surface area contributed by atoms with Crippen LogP contribution in [0.25, 0.3) is 10.2 Å². The first-order chi connectivity index (χ1) is 14.4. The second kappa shape index (κ2) is 8.26. The van der Waals surface area contributed by atoms with Gasteiger partial charge in [-0.1, -0.05) is 20.8 Å². The zero-order valence-electron chi connectivity index (χ0n) is 17.6. The topological polar surface area (TPSA) is 84.0 Å². The molecule has 0 aliphatic carbocycles. The molecule has 0 fully saturated rings. The van der Waals surface area contributed by atoms with Crippen LogP contribution in [0.1, 0.15) is 47.5 Å². The summed E-state index contributed by atoms with van der Waals surface area (Å²) >= 11 is 1.19. The Balaban J connectivity index is 1.76. The van der Waals surface area contributed by atoms with Crippen LogP contribution in [0.4, 0.5) is 18.9 Å². The number of aromatic nitrogens is 2. The van der Waals surface area contributed by atoms with Gasteiger partial charge in [-0.15, -0.1) is 11.3 Å². The lowest BCUT2D eigenvalue weighted by atomic mass is 9.95. The lowest BCUT2D eigenvalue weighted by Gasteiger charge is -2.16. The first-order valence-corrected chi connectivity index (χ1v) is 10.2. The van der Waals surface area contributed by atoms with E-state index in [2.05, 4.69) is 20.6 Å². The zero-order chi connectivity index (χ0) is 23.1. The van der Waals surface area contributed by atoms with E-state index in [1.807, 2.05) is 27.7 Å². The molecule has 1 aromatic carbocycles. The lowest BCUT2D eigenvalue weighted by molar-refractivity contribution is -0.115. The van der Waals surface area contributed by atoms with Crippen molar-refractivity contribution < 1.29 is 22.8 Å². The molecule has 0 bridgehead atoms. The second-order valence-corrected chi connectivity index (χ2v) is 9.07. The average Bonchev–Trinajstić information content (AvgIpc) is 3.03. The van der Waals surface area contributed by atoms with E-state index in [0.717, 1.165) is 17.1 Å². The van der Waals surface area contributed by atoms with E-state index < -0.39 is 41.5 Å². The molecule has 0 saturated carbocycles. The van der Waals surface area contributed by atoms with Gasteiger partial charge in [0.25, 0.3) is 5.91 Å². The van der Waals surface area contributed by atoms with E-state index in [1.165, 1.54) is 11.3 Å². The van der Waals surface area contributed by atoms with Gasteiger partial charge in [0.05, 0.1) is 22.8 Å². The molecule has 0 unspecified atom stereocenters. The normalized spacial score (nSPS) is 11.6. The molecule has 3 rings (SSSR count). The highest BCUT2D eigenvalue weighted by Gasteiger charge is 2.24. The molecule has 0 atom stereocenters. The van der Waals surface area contributed by atoms with Crippen LogP contribution in [-0.2, 0) is 10.2 Å². The third-order valence-corrected chi connectivity index (χ3v) is 5.75. The molecule has 164 valence electrons. The number of nitrogens with one attached hydrogen (secondary N) is 2. The number of hydrogen-bond acceptors (Lipinski definition) is 5. The van der Waals surface area contributed by atoms with Gasteiger partial charge in [-0.25, -0.2) is 23.1 Å². The largest absolute Gasteiger partial charge is 0.342 e. The molecule has 31 heavy (non-hydrogen) atoms. The minimum atomic E-state index is -1.69. The Hall–Kier alpha value is -3.01. The smallest absolute Gasteiger partial charge is 0.262 e. The maximum absolute atomic E-state index is 13.7. The molecular weight excluding hydrogens is 429 g/mol. The van der Waals surface area contributed by atoms with E-state index in [1.54, 1.807) is 6.92 Å². The zero-order valence-corrected chi connectivity index (χ0v) is 18.4. The Morgan fingerprint density at radius 2 is 1.74 bits per heavy atom. The van der Waals surface area contributed by atoms with E-state index in [9.17, 15) is 22.8 Å². The number of carbonyl (C=O) groups excluding carboxylic acids is 2. The van der Waals surface area contributed by atoms with Gasteiger partial charge < -0.3 is 10.6 Å². The fourth-order valence-corrected chi connectivity index (χ4v) is 4.10. The van der Waals surface area contributed by atoms with Gasteiger partial charge in [0.15, 0.2) is 17.5 Å². The van der Waals surface area contributed by atoms with Crippen LogP contribution < -0.4 is 10.6 Å². The van der Waals surface area contributed by atoms with Gasteiger partial charge >= 0.3 is 0 Å². The molecular formula is C21H21F3N4O2S. The van der Waals surface area contributed by atoms with Gasteiger partial charge in [0.1, 0.15) is 10.7 Å². The van der Waals surface area contributed by atoms with Crippen molar-refractivity contribution in [3.8, 4) is 0 Å². The fourth-order valence-electron chi connectivity index (χ4n) is 2.95. The van der Waals surface area contributed by atoms with Crippen molar-refractivity contribution in [3.63, 3.8) is 0 Å². The van der Waals surface area contributed by atoms with E-state index in [0.29, 0.717) is 27.2 Å². The summed E-state index contributed by atoms with van der Waals surface area (Å²) < 4.78 is 40.0. The Bertz CT molecular complexity index is 1200. The summed E-state index contributed by atoms with van der Waals surface area (Å²) in [5.41, 5.74) is 0.681. The van der Waals surface area contributed by atoms with Crippen LogP contribution in [0.5, 0.6) is 0 Å². The number of rotatable bonds is 4. The highest BCUT2D eigenvalue weighted by Crippen LogP contribution is 2.33. The van der Waals surface area contributed by atoms with Gasteiger partial charge in [-0.3, -0.25) is 9.59 Å². The van der Waals surface area contributed by atoms with Gasteiger partial charge in [0.2, 0.25) is 5.91 Å². The van der Waals surface area contributed by atoms with Gasteiger partial charge in [-0.2, -0.15) is 0 Å². The molecule has 2 heterocycles. The number of fused-ring (bicyclic) bond motifs is 1. The average molecular weight is 450 g/mol. The summed E-state index contributed by atoms with van der Waals surface area (Å²) in [5, 5.41) is 5.35. The van der Waals surface area contributed by atoms with Crippen LogP contribution in [0.15, 0.2) is 12.1 Å². The first kappa shape index (κ1) is 22.7. The highest BCUT2D eigenvalue weighted by molar-refractivity contribution is 7.20. The molecule has 2 N–H and O–H groups in total. The third-order valence-electron chi connectivity index (χ3n) is 4.57. The molecule has 2 aromatic heterocycles. The Labute approximate surface area is 180 Å². The van der Waals surface area contributed by atoms with Crippen LogP contribution in [0, 0.1) is 31.3 Å². The van der Waals surface area contributed by atoms with E-state index >= 15 is 0 Å². The summed E-state index contributed by atoms with van der Waals surface area (Å²) in [6, 6.07) is 1.60. The van der Waals surface area contributed by atoms with Crippen molar-refractivity contribution in [3.05, 3.63) is 51.5 Å². The third kappa shape index (κ3) is 4.53.